The SMILES string of the molecule is O=C(CCn1cnc2ccccc21)N1CCC(N2CCC[C@@H](O)C2)CC1. The lowest BCUT2D eigenvalue weighted by Gasteiger charge is -2.41. The Bertz CT molecular complexity index is 751. The van der Waals surface area contributed by atoms with E-state index in [9.17, 15) is 9.90 Å². The van der Waals surface area contributed by atoms with Crippen LogP contribution < -0.4 is 0 Å². The molecule has 1 aromatic carbocycles. The van der Waals surface area contributed by atoms with Crippen LogP contribution >= 0.6 is 0 Å². The van der Waals surface area contributed by atoms with E-state index in [0.29, 0.717) is 19.0 Å². The summed E-state index contributed by atoms with van der Waals surface area (Å²) in [7, 11) is 0. The van der Waals surface area contributed by atoms with E-state index in [0.717, 1.165) is 62.9 Å². The average Bonchev–Trinajstić information content (AvgIpc) is 3.09. The highest BCUT2D eigenvalue weighted by Crippen LogP contribution is 2.22. The number of carbonyl (C=O) groups is 1. The van der Waals surface area contributed by atoms with Gasteiger partial charge in [-0.25, -0.2) is 4.98 Å². The van der Waals surface area contributed by atoms with Crippen molar-refractivity contribution >= 4 is 16.9 Å². The highest BCUT2D eigenvalue weighted by atomic mass is 16.3. The van der Waals surface area contributed by atoms with Crippen LogP contribution in [0.5, 0.6) is 0 Å². The minimum absolute atomic E-state index is 0.173. The second kappa shape index (κ2) is 7.76. The zero-order valence-electron chi connectivity index (χ0n) is 15.3. The molecule has 2 fully saturated rings. The number of piperidine rings is 2. The zero-order chi connectivity index (χ0) is 17.9. The molecule has 140 valence electrons. The number of para-hydroxylation sites is 2. The molecule has 2 saturated heterocycles. The van der Waals surface area contributed by atoms with Crippen molar-refractivity contribution in [3.8, 4) is 0 Å². The fourth-order valence-electron chi connectivity index (χ4n) is 4.36. The van der Waals surface area contributed by atoms with E-state index in [1.165, 1.54) is 0 Å². The van der Waals surface area contributed by atoms with Crippen LogP contribution in [0, 0.1) is 0 Å². The molecule has 1 aromatic heterocycles. The van der Waals surface area contributed by atoms with Gasteiger partial charge in [-0.3, -0.25) is 9.69 Å². The minimum atomic E-state index is -0.173. The second-order valence-electron chi connectivity index (χ2n) is 7.58. The third-order valence-electron chi connectivity index (χ3n) is 5.86. The number of aliphatic hydroxyl groups is 1. The van der Waals surface area contributed by atoms with Gasteiger partial charge in [0.2, 0.25) is 5.91 Å². The number of nitrogens with zero attached hydrogens (tertiary/aromatic N) is 4. The number of imidazole rings is 1. The molecule has 0 unspecified atom stereocenters. The highest BCUT2D eigenvalue weighted by Gasteiger charge is 2.29. The van der Waals surface area contributed by atoms with Crippen LogP contribution in [0.1, 0.15) is 32.1 Å². The highest BCUT2D eigenvalue weighted by molar-refractivity contribution is 5.77. The van der Waals surface area contributed by atoms with Crippen molar-refractivity contribution in [1.29, 1.82) is 0 Å². The molecule has 1 amide bonds. The zero-order valence-corrected chi connectivity index (χ0v) is 15.3. The van der Waals surface area contributed by atoms with Crippen LogP contribution in [0.2, 0.25) is 0 Å². The lowest BCUT2D eigenvalue weighted by Crippen LogP contribution is -2.50. The molecule has 6 nitrogen and oxygen atoms in total. The van der Waals surface area contributed by atoms with E-state index in [2.05, 4.69) is 14.5 Å². The van der Waals surface area contributed by atoms with Crippen LogP contribution in [-0.4, -0.2) is 68.7 Å². The summed E-state index contributed by atoms with van der Waals surface area (Å²) in [5.41, 5.74) is 2.06. The topological polar surface area (TPSA) is 61.6 Å². The molecular weight excluding hydrogens is 328 g/mol. The standard InChI is InChI=1S/C20H28N4O2/c25-17-4-3-10-23(14-17)16-7-11-22(12-8-16)20(26)9-13-24-15-21-18-5-1-2-6-19(18)24/h1-2,5-6,15-17,25H,3-4,7-14H2/t17-/m1/s1. The number of carbonyl (C=O) groups excluding carboxylic acids is 1. The molecule has 0 aliphatic carbocycles. The van der Waals surface area contributed by atoms with Gasteiger partial charge in [-0.05, 0) is 44.4 Å². The van der Waals surface area contributed by atoms with E-state index in [1.54, 1.807) is 0 Å². The maximum Gasteiger partial charge on any atom is 0.224 e. The second-order valence-corrected chi connectivity index (χ2v) is 7.58. The van der Waals surface area contributed by atoms with Crippen LogP contribution in [0.25, 0.3) is 11.0 Å². The summed E-state index contributed by atoms with van der Waals surface area (Å²) in [6.07, 6.45) is 6.22. The summed E-state index contributed by atoms with van der Waals surface area (Å²) in [5, 5.41) is 9.87. The molecule has 4 rings (SSSR count). The van der Waals surface area contributed by atoms with Gasteiger partial charge in [-0.2, -0.15) is 0 Å². The van der Waals surface area contributed by atoms with Gasteiger partial charge in [0.1, 0.15) is 0 Å². The summed E-state index contributed by atoms with van der Waals surface area (Å²) in [5.74, 6) is 0.236. The van der Waals surface area contributed by atoms with Crippen molar-refractivity contribution in [2.75, 3.05) is 26.2 Å². The first kappa shape index (κ1) is 17.5. The Morgan fingerprint density at radius 1 is 1.15 bits per heavy atom. The Morgan fingerprint density at radius 3 is 2.77 bits per heavy atom. The first-order chi connectivity index (χ1) is 12.7. The molecule has 3 heterocycles. The third-order valence-corrected chi connectivity index (χ3v) is 5.86. The molecule has 0 spiro atoms. The van der Waals surface area contributed by atoms with Crippen molar-refractivity contribution in [2.24, 2.45) is 0 Å². The number of fused-ring (bicyclic) bond motifs is 1. The van der Waals surface area contributed by atoms with Gasteiger partial charge in [0.05, 0.1) is 23.5 Å². The molecule has 0 saturated carbocycles. The van der Waals surface area contributed by atoms with E-state index < -0.39 is 0 Å². The van der Waals surface area contributed by atoms with E-state index in [-0.39, 0.29) is 12.0 Å². The average molecular weight is 356 g/mol. The number of hydrogen-bond acceptors (Lipinski definition) is 4. The Morgan fingerprint density at radius 2 is 1.96 bits per heavy atom. The predicted molar refractivity (Wildman–Crippen MR) is 101 cm³/mol. The molecule has 2 aromatic rings. The third kappa shape index (κ3) is 3.76. The molecule has 1 N–H and O–H groups in total. The van der Waals surface area contributed by atoms with Gasteiger partial charge in [0.25, 0.3) is 0 Å². The van der Waals surface area contributed by atoms with Gasteiger partial charge < -0.3 is 14.6 Å². The quantitative estimate of drug-likeness (QED) is 0.909. The van der Waals surface area contributed by atoms with Crippen molar-refractivity contribution in [1.82, 2.24) is 19.4 Å². The Labute approximate surface area is 154 Å². The fourth-order valence-corrected chi connectivity index (χ4v) is 4.36. The molecule has 2 aliphatic heterocycles. The number of aryl methyl sites for hydroxylation is 1. The molecule has 2 aliphatic rings. The number of β-amino-alcohol motifs (C(OH)–C–C–N with tert-alkyl or cyclic N) is 1. The van der Waals surface area contributed by atoms with Crippen LogP contribution in [0.15, 0.2) is 30.6 Å². The summed E-state index contributed by atoms with van der Waals surface area (Å²) in [4.78, 5) is 21.4. The monoisotopic (exact) mass is 356 g/mol. The molecule has 1 atom stereocenters. The largest absolute Gasteiger partial charge is 0.392 e. The van der Waals surface area contributed by atoms with Crippen LogP contribution in [0.4, 0.5) is 0 Å². The maximum absolute atomic E-state index is 12.6. The Kier molecular flexibility index (Phi) is 5.22. The van der Waals surface area contributed by atoms with Gasteiger partial charge in [0, 0.05) is 38.6 Å². The molecule has 26 heavy (non-hydrogen) atoms. The lowest BCUT2D eigenvalue weighted by molar-refractivity contribution is -0.133. The Hall–Kier alpha value is -1.92. The normalized spacial score (nSPS) is 22.8. The molecular formula is C20H28N4O2. The van der Waals surface area contributed by atoms with Gasteiger partial charge >= 0.3 is 0 Å². The predicted octanol–water partition coefficient (Wildman–Crippen LogP) is 1.87. The number of amides is 1. The molecule has 0 radical (unpaired) electrons. The summed E-state index contributed by atoms with van der Waals surface area (Å²) >= 11 is 0. The number of rotatable bonds is 4. The first-order valence-corrected chi connectivity index (χ1v) is 9.80. The van der Waals surface area contributed by atoms with E-state index in [4.69, 9.17) is 0 Å². The number of aromatic nitrogens is 2. The van der Waals surface area contributed by atoms with Crippen LogP contribution in [-0.2, 0) is 11.3 Å². The van der Waals surface area contributed by atoms with Crippen molar-refractivity contribution in [3.63, 3.8) is 0 Å². The number of benzene rings is 1. The fraction of sp³-hybridized carbons (Fsp3) is 0.600. The summed E-state index contributed by atoms with van der Waals surface area (Å²) < 4.78 is 2.06. The summed E-state index contributed by atoms with van der Waals surface area (Å²) in [6.45, 7) is 4.23. The van der Waals surface area contributed by atoms with Crippen molar-refractivity contribution in [2.45, 2.75) is 50.8 Å². The molecule has 0 bridgehead atoms. The minimum Gasteiger partial charge on any atom is -0.392 e. The smallest absolute Gasteiger partial charge is 0.224 e. The van der Waals surface area contributed by atoms with Gasteiger partial charge in [0.15, 0.2) is 0 Å². The number of likely N-dealkylation sites (tertiary alicyclic amines) is 2. The van der Waals surface area contributed by atoms with Crippen molar-refractivity contribution < 1.29 is 9.90 Å². The van der Waals surface area contributed by atoms with E-state index >= 15 is 0 Å². The number of aliphatic hydroxyl groups excluding tert-OH is 1. The first-order valence-electron chi connectivity index (χ1n) is 9.80. The van der Waals surface area contributed by atoms with Gasteiger partial charge in [-0.1, -0.05) is 12.1 Å². The maximum atomic E-state index is 12.6. The van der Waals surface area contributed by atoms with E-state index in [1.807, 2.05) is 35.5 Å². The van der Waals surface area contributed by atoms with Crippen LogP contribution in [0.3, 0.4) is 0 Å². The lowest BCUT2D eigenvalue weighted by atomic mass is 9.99. The Balaban J connectivity index is 1.27. The van der Waals surface area contributed by atoms with Crippen molar-refractivity contribution in [3.05, 3.63) is 30.6 Å². The summed E-state index contributed by atoms with van der Waals surface area (Å²) in [6, 6.07) is 8.55. The molecule has 6 heteroatoms. The number of hydrogen-bond donors (Lipinski definition) is 1. The van der Waals surface area contributed by atoms with Gasteiger partial charge in [-0.15, -0.1) is 0 Å².